The van der Waals surface area contributed by atoms with Crippen LogP contribution in [0.3, 0.4) is 0 Å². The first-order valence-electron chi connectivity index (χ1n) is 9.01. The first-order chi connectivity index (χ1) is 13.7. The molecule has 7 heteroatoms. The summed E-state index contributed by atoms with van der Waals surface area (Å²) in [5.41, 5.74) is 4.11. The van der Waals surface area contributed by atoms with Crippen LogP contribution >= 0.6 is 0 Å². The monoisotopic (exact) mass is 376 g/mol. The number of fused-ring (bicyclic) bond motifs is 1. The second-order valence-corrected chi connectivity index (χ2v) is 6.82. The smallest absolute Gasteiger partial charge is 0.278 e. The van der Waals surface area contributed by atoms with Gasteiger partial charge in [-0.15, -0.1) is 0 Å². The Labute approximate surface area is 160 Å². The molecule has 0 N–H and O–H groups in total. The minimum Gasteiger partial charge on any atom is -0.365 e. The summed E-state index contributed by atoms with van der Waals surface area (Å²) in [6, 6.07) is 16.5. The van der Waals surface area contributed by atoms with Gasteiger partial charge in [0.2, 0.25) is 5.82 Å². The highest BCUT2D eigenvalue weighted by molar-refractivity contribution is 5.58. The van der Waals surface area contributed by atoms with Gasteiger partial charge in [0.05, 0.1) is 24.4 Å². The van der Waals surface area contributed by atoms with Gasteiger partial charge in [-0.1, -0.05) is 47.1 Å². The van der Waals surface area contributed by atoms with Gasteiger partial charge in [0.15, 0.2) is 5.69 Å². The third kappa shape index (κ3) is 2.99. The molecule has 1 aliphatic rings. The standard InChI is InChI=1S/C21H17FN4O2/c1-13-6-8-14(9-7-13)19-11-26-15(12-27-19)10-18(24-26)21-23-20(25-28-21)16-4-2-3-5-17(16)22/h2-10,19H,11-12H2,1H3. The van der Waals surface area contributed by atoms with E-state index >= 15 is 0 Å². The van der Waals surface area contributed by atoms with Crippen molar-refractivity contribution in [2.75, 3.05) is 0 Å². The number of rotatable bonds is 3. The molecular formula is C21H17FN4O2. The molecule has 0 amide bonds. The summed E-state index contributed by atoms with van der Waals surface area (Å²) in [6.07, 6.45) is -0.0579. The molecule has 2 aromatic heterocycles. The number of halogens is 1. The van der Waals surface area contributed by atoms with Gasteiger partial charge < -0.3 is 9.26 Å². The first kappa shape index (κ1) is 16.8. The molecule has 1 aliphatic heterocycles. The summed E-state index contributed by atoms with van der Waals surface area (Å²) >= 11 is 0. The van der Waals surface area contributed by atoms with E-state index in [1.807, 2.05) is 10.7 Å². The van der Waals surface area contributed by atoms with Crippen LogP contribution in [0.5, 0.6) is 0 Å². The summed E-state index contributed by atoms with van der Waals surface area (Å²) in [4.78, 5) is 4.31. The van der Waals surface area contributed by atoms with Gasteiger partial charge in [-0.2, -0.15) is 10.1 Å². The maximum Gasteiger partial charge on any atom is 0.278 e. The molecule has 5 rings (SSSR count). The average molecular weight is 376 g/mol. The van der Waals surface area contributed by atoms with Gasteiger partial charge in [0.1, 0.15) is 11.9 Å². The molecule has 4 aromatic rings. The van der Waals surface area contributed by atoms with Crippen LogP contribution in [0.1, 0.15) is 22.9 Å². The van der Waals surface area contributed by atoms with Gasteiger partial charge in [-0.3, -0.25) is 4.68 Å². The molecule has 0 spiro atoms. The molecule has 0 saturated carbocycles. The maximum absolute atomic E-state index is 13.9. The molecule has 0 radical (unpaired) electrons. The molecule has 0 bridgehead atoms. The zero-order valence-electron chi connectivity index (χ0n) is 15.2. The van der Waals surface area contributed by atoms with Crippen molar-refractivity contribution in [3.63, 3.8) is 0 Å². The van der Waals surface area contributed by atoms with E-state index < -0.39 is 5.82 Å². The fourth-order valence-corrected chi connectivity index (χ4v) is 3.29. The highest BCUT2D eigenvalue weighted by Crippen LogP contribution is 2.29. The van der Waals surface area contributed by atoms with Crippen LogP contribution in [0.25, 0.3) is 23.0 Å². The van der Waals surface area contributed by atoms with Crippen molar-refractivity contribution < 1.29 is 13.7 Å². The Hall–Kier alpha value is -3.32. The number of benzene rings is 2. The lowest BCUT2D eigenvalue weighted by molar-refractivity contribution is -0.00113. The Balaban J connectivity index is 1.41. The molecule has 3 heterocycles. The highest BCUT2D eigenvalue weighted by Gasteiger charge is 2.24. The van der Waals surface area contributed by atoms with Gasteiger partial charge in [0, 0.05) is 0 Å². The summed E-state index contributed by atoms with van der Waals surface area (Å²) in [7, 11) is 0. The Morgan fingerprint density at radius 3 is 2.75 bits per heavy atom. The van der Waals surface area contributed by atoms with Crippen molar-refractivity contribution in [2.45, 2.75) is 26.2 Å². The van der Waals surface area contributed by atoms with Crippen LogP contribution in [-0.2, 0) is 17.9 Å². The van der Waals surface area contributed by atoms with Crippen LogP contribution in [0.4, 0.5) is 4.39 Å². The minimum absolute atomic E-state index is 0.0579. The van der Waals surface area contributed by atoms with Crippen LogP contribution < -0.4 is 0 Å². The number of nitrogens with zero attached hydrogens (tertiary/aromatic N) is 4. The third-order valence-electron chi connectivity index (χ3n) is 4.84. The molecule has 140 valence electrons. The second-order valence-electron chi connectivity index (χ2n) is 6.82. The fraction of sp³-hybridized carbons (Fsp3) is 0.190. The van der Waals surface area contributed by atoms with Gasteiger partial charge in [-0.25, -0.2) is 4.39 Å². The molecule has 2 aromatic carbocycles. The van der Waals surface area contributed by atoms with Crippen molar-refractivity contribution in [1.82, 2.24) is 19.9 Å². The van der Waals surface area contributed by atoms with Crippen LogP contribution in [-0.4, -0.2) is 19.9 Å². The fourth-order valence-electron chi connectivity index (χ4n) is 3.29. The molecule has 0 aliphatic carbocycles. The van der Waals surface area contributed by atoms with Crippen molar-refractivity contribution >= 4 is 0 Å². The van der Waals surface area contributed by atoms with Crippen LogP contribution in [0, 0.1) is 12.7 Å². The summed E-state index contributed by atoms with van der Waals surface area (Å²) in [5, 5.41) is 8.48. The zero-order valence-corrected chi connectivity index (χ0v) is 15.2. The van der Waals surface area contributed by atoms with E-state index in [9.17, 15) is 4.39 Å². The first-order valence-corrected chi connectivity index (χ1v) is 9.01. The van der Waals surface area contributed by atoms with E-state index in [2.05, 4.69) is 46.4 Å². The van der Waals surface area contributed by atoms with E-state index in [0.29, 0.717) is 24.4 Å². The van der Waals surface area contributed by atoms with Gasteiger partial charge in [0.25, 0.3) is 5.89 Å². The summed E-state index contributed by atoms with van der Waals surface area (Å²) in [5.74, 6) is 0.0632. The number of hydrogen-bond acceptors (Lipinski definition) is 5. The number of aromatic nitrogens is 4. The zero-order chi connectivity index (χ0) is 19.1. The lowest BCUT2D eigenvalue weighted by Gasteiger charge is -2.24. The Bertz CT molecular complexity index is 1130. The summed E-state index contributed by atoms with van der Waals surface area (Å²) in [6.45, 7) is 3.11. The topological polar surface area (TPSA) is 66.0 Å². The molecule has 28 heavy (non-hydrogen) atoms. The van der Waals surface area contributed by atoms with Gasteiger partial charge >= 0.3 is 0 Å². The third-order valence-corrected chi connectivity index (χ3v) is 4.84. The van der Waals surface area contributed by atoms with Crippen molar-refractivity contribution in [1.29, 1.82) is 0 Å². The predicted molar refractivity (Wildman–Crippen MR) is 99.6 cm³/mol. The van der Waals surface area contributed by atoms with E-state index in [0.717, 1.165) is 11.3 Å². The molecular weight excluding hydrogens is 359 g/mol. The second kappa shape index (κ2) is 6.69. The Kier molecular flexibility index (Phi) is 4.02. The van der Waals surface area contributed by atoms with Crippen molar-refractivity contribution in [2.24, 2.45) is 0 Å². The number of aryl methyl sites for hydroxylation is 1. The van der Waals surface area contributed by atoms with Gasteiger partial charge in [-0.05, 0) is 30.7 Å². The molecule has 6 nitrogen and oxygen atoms in total. The summed E-state index contributed by atoms with van der Waals surface area (Å²) < 4.78 is 27.2. The van der Waals surface area contributed by atoms with E-state index in [-0.39, 0.29) is 17.8 Å². The van der Waals surface area contributed by atoms with Crippen LogP contribution in [0.15, 0.2) is 59.1 Å². The van der Waals surface area contributed by atoms with Crippen molar-refractivity contribution in [3.05, 3.63) is 77.2 Å². The maximum atomic E-state index is 13.9. The van der Waals surface area contributed by atoms with Crippen molar-refractivity contribution in [3.8, 4) is 23.0 Å². The quantitative estimate of drug-likeness (QED) is 0.533. The van der Waals surface area contributed by atoms with E-state index in [1.165, 1.54) is 11.6 Å². The Morgan fingerprint density at radius 2 is 1.93 bits per heavy atom. The van der Waals surface area contributed by atoms with E-state index in [1.54, 1.807) is 18.2 Å². The minimum atomic E-state index is -0.395. The SMILES string of the molecule is Cc1ccc(C2Cn3nc(-c4nc(-c5ccccc5F)no4)cc3CO2)cc1. The largest absolute Gasteiger partial charge is 0.365 e. The predicted octanol–water partition coefficient (Wildman–Crippen LogP) is 4.32. The highest BCUT2D eigenvalue weighted by atomic mass is 19.1. The molecule has 0 fully saturated rings. The average Bonchev–Trinajstić information content (AvgIpc) is 3.35. The molecule has 1 atom stereocenters. The lowest BCUT2D eigenvalue weighted by Crippen LogP contribution is -2.21. The van der Waals surface area contributed by atoms with Crippen LogP contribution in [0.2, 0.25) is 0 Å². The number of hydrogen-bond donors (Lipinski definition) is 0. The van der Waals surface area contributed by atoms with E-state index in [4.69, 9.17) is 9.26 Å². The molecule has 0 saturated heterocycles. The Morgan fingerprint density at radius 1 is 1.11 bits per heavy atom. The molecule has 1 unspecified atom stereocenters. The lowest BCUT2D eigenvalue weighted by atomic mass is 10.1. The normalized spacial score (nSPS) is 16.1. The number of ether oxygens (including phenoxy) is 1.